The number of hydrogen-bond acceptors (Lipinski definition) is 3. The zero-order chi connectivity index (χ0) is 9.14. The average molecular weight is 168 g/mol. The van der Waals surface area contributed by atoms with Crippen LogP contribution in [0, 0.1) is 0 Å². The van der Waals surface area contributed by atoms with Crippen LogP contribution in [0.1, 0.15) is 13.8 Å². The van der Waals surface area contributed by atoms with Gasteiger partial charge in [-0.3, -0.25) is 19.8 Å². The fraction of sp³-hybridized carbons (Fsp3) is 0.500. The van der Waals surface area contributed by atoms with Crippen LogP contribution >= 0.6 is 0 Å². The van der Waals surface area contributed by atoms with E-state index in [0.717, 1.165) is 0 Å². The molecule has 1 aliphatic heterocycles. The minimum absolute atomic E-state index is 0.242. The van der Waals surface area contributed by atoms with E-state index in [4.69, 9.17) is 0 Å². The summed E-state index contributed by atoms with van der Waals surface area (Å²) in [6.07, 6.45) is 2.56. The van der Waals surface area contributed by atoms with Crippen LogP contribution in [0.2, 0.25) is 0 Å². The molecule has 1 N–H and O–H groups in total. The molecule has 0 atom stereocenters. The van der Waals surface area contributed by atoms with Crippen LogP contribution in [0.25, 0.3) is 0 Å². The second kappa shape index (κ2) is 3.49. The van der Waals surface area contributed by atoms with Crippen molar-refractivity contribution < 1.29 is 9.59 Å². The molecule has 0 fully saturated rings. The lowest BCUT2D eigenvalue weighted by Crippen LogP contribution is -2.41. The number of carbonyl (C=O) groups excluding carboxylic acids is 2. The number of carbonyl (C=O) groups is 2. The van der Waals surface area contributed by atoms with Crippen molar-refractivity contribution in [2.75, 3.05) is 6.67 Å². The van der Waals surface area contributed by atoms with Crippen LogP contribution in [-0.4, -0.2) is 29.4 Å². The van der Waals surface area contributed by atoms with E-state index in [1.165, 1.54) is 17.1 Å². The summed E-state index contributed by atoms with van der Waals surface area (Å²) in [5.74, 6) is -0.485. The minimum Gasteiger partial charge on any atom is -0.297 e. The molecule has 4 heteroatoms. The van der Waals surface area contributed by atoms with Gasteiger partial charge >= 0.3 is 0 Å². The molecule has 66 valence electrons. The quantitative estimate of drug-likeness (QED) is 0.597. The Labute approximate surface area is 71.2 Å². The number of hydrogen-bond donors (Lipinski definition) is 1. The van der Waals surface area contributed by atoms with Gasteiger partial charge in [-0.15, -0.1) is 0 Å². The molecule has 0 unspecified atom stereocenters. The van der Waals surface area contributed by atoms with E-state index < -0.39 is 0 Å². The van der Waals surface area contributed by atoms with Gasteiger partial charge in [0, 0.05) is 18.2 Å². The van der Waals surface area contributed by atoms with E-state index in [2.05, 4.69) is 5.32 Å². The SMILES string of the molecule is CC(C)NCN1C(=O)C=CC1=O. The van der Waals surface area contributed by atoms with E-state index in [0.29, 0.717) is 6.67 Å². The predicted octanol–water partition coefficient (Wildman–Crippen LogP) is -0.133. The first-order chi connectivity index (χ1) is 5.61. The summed E-state index contributed by atoms with van der Waals surface area (Å²) in [6, 6.07) is 0.270. The summed E-state index contributed by atoms with van der Waals surface area (Å²) >= 11 is 0. The molecule has 0 spiro atoms. The van der Waals surface area contributed by atoms with Gasteiger partial charge in [-0.1, -0.05) is 0 Å². The zero-order valence-corrected chi connectivity index (χ0v) is 7.20. The molecule has 0 saturated carbocycles. The summed E-state index contributed by atoms with van der Waals surface area (Å²) in [7, 11) is 0. The van der Waals surface area contributed by atoms with Crippen LogP contribution in [0.5, 0.6) is 0 Å². The Hall–Kier alpha value is -1.16. The molecule has 0 aliphatic carbocycles. The van der Waals surface area contributed by atoms with Gasteiger partial charge < -0.3 is 0 Å². The lowest BCUT2D eigenvalue weighted by atomic mass is 10.4. The van der Waals surface area contributed by atoms with Gasteiger partial charge in [-0.05, 0) is 13.8 Å². The maximum atomic E-state index is 11.0. The van der Waals surface area contributed by atoms with Crippen LogP contribution in [-0.2, 0) is 9.59 Å². The summed E-state index contributed by atoms with van der Waals surface area (Å²) in [5.41, 5.74) is 0. The van der Waals surface area contributed by atoms with Crippen molar-refractivity contribution in [1.82, 2.24) is 10.2 Å². The highest BCUT2D eigenvalue weighted by atomic mass is 16.2. The normalized spacial score (nSPS) is 16.8. The standard InChI is InChI=1S/C8H12N2O2/c1-6(2)9-5-10-7(11)3-4-8(10)12/h3-4,6,9H,5H2,1-2H3. The molecule has 0 aromatic heterocycles. The number of rotatable bonds is 3. The van der Waals surface area contributed by atoms with Crippen molar-refractivity contribution in [3.63, 3.8) is 0 Å². The summed E-state index contributed by atoms with van der Waals surface area (Å²) in [5, 5.41) is 2.99. The average Bonchev–Trinajstić information content (AvgIpc) is 2.28. The molecule has 0 saturated heterocycles. The van der Waals surface area contributed by atoms with Crippen LogP contribution in [0.3, 0.4) is 0 Å². The molecular formula is C8H12N2O2. The highest BCUT2D eigenvalue weighted by Gasteiger charge is 2.22. The Balaban J connectivity index is 2.43. The Morgan fingerprint density at radius 2 is 1.83 bits per heavy atom. The molecule has 0 bridgehead atoms. The molecule has 0 aromatic rings. The first kappa shape index (κ1) is 8.93. The third kappa shape index (κ3) is 1.92. The number of amides is 2. The second-order valence-corrected chi connectivity index (χ2v) is 2.95. The first-order valence-corrected chi connectivity index (χ1v) is 3.88. The molecule has 1 rings (SSSR count). The highest BCUT2D eigenvalue weighted by Crippen LogP contribution is 2.01. The first-order valence-electron chi connectivity index (χ1n) is 3.88. The maximum Gasteiger partial charge on any atom is 0.254 e. The molecule has 1 aliphatic rings. The zero-order valence-electron chi connectivity index (χ0n) is 7.20. The Kier molecular flexibility index (Phi) is 2.60. The summed E-state index contributed by atoms with van der Waals surface area (Å²) in [6.45, 7) is 4.21. The molecule has 4 nitrogen and oxygen atoms in total. The van der Waals surface area contributed by atoms with Gasteiger partial charge in [-0.25, -0.2) is 0 Å². The van der Waals surface area contributed by atoms with Gasteiger partial charge in [0.2, 0.25) is 0 Å². The van der Waals surface area contributed by atoms with E-state index in [1.807, 2.05) is 13.8 Å². The lowest BCUT2D eigenvalue weighted by molar-refractivity contribution is -0.137. The highest BCUT2D eigenvalue weighted by molar-refractivity contribution is 6.12. The van der Waals surface area contributed by atoms with Gasteiger partial charge in [0.05, 0.1) is 6.67 Å². The second-order valence-electron chi connectivity index (χ2n) is 2.95. The predicted molar refractivity (Wildman–Crippen MR) is 44.1 cm³/mol. The number of imide groups is 1. The fourth-order valence-electron chi connectivity index (χ4n) is 0.861. The molecule has 0 aromatic carbocycles. The smallest absolute Gasteiger partial charge is 0.254 e. The summed E-state index contributed by atoms with van der Waals surface area (Å²) in [4.78, 5) is 23.1. The van der Waals surface area contributed by atoms with Gasteiger partial charge in [0.25, 0.3) is 11.8 Å². The number of nitrogens with one attached hydrogen (secondary N) is 1. The molecular weight excluding hydrogens is 156 g/mol. The van der Waals surface area contributed by atoms with Gasteiger partial charge in [-0.2, -0.15) is 0 Å². The topological polar surface area (TPSA) is 49.4 Å². The fourth-order valence-corrected chi connectivity index (χ4v) is 0.861. The van der Waals surface area contributed by atoms with Gasteiger partial charge in [0.15, 0.2) is 0 Å². The molecule has 0 radical (unpaired) electrons. The minimum atomic E-state index is -0.242. The van der Waals surface area contributed by atoms with Crippen LogP contribution in [0.4, 0.5) is 0 Å². The van der Waals surface area contributed by atoms with E-state index in [-0.39, 0.29) is 17.9 Å². The summed E-state index contributed by atoms with van der Waals surface area (Å²) < 4.78 is 0. The van der Waals surface area contributed by atoms with Crippen molar-refractivity contribution >= 4 is 11.8 Å². The molecule has 1 heterocycles. The van der Waals surface area contributed by atoms with Crippen LogP contribution < -0.4 is 5.32 Å². The van der Waals surface area contributed by atoms with Crippen molar-refractivity contribution in [2.45, 2.75) is 19.9 Å². The third-order valence-corrected chi connectivity index (χ3v) is 1.56. The molecule has 2 amide bonds. The van der Waals surface area contributed by atoms with Crippen molar-refractivity contribution in [2.24, 2.45) is 0 Å². The molecule has 12 heavy (non-hydrogen) atoms. The Morgan fingerprint density at radius 1 is 1.33 bits per heavy atom. The van der Waals surface area contributed by atoms with Gasteiger partial charge in [0.1, 0.15) is 0 Å². The number of nitrogens with zero attached hydrogens (tertiary/aromatic N) is 1. The lowest BCUT2D eigenvalue weighted by Gasteiger charge is -2.16. The maximum absolute atomic E-state index is 11.0. The van der Waals surface area contributed by atoms with E-state index in [9.17, 15) is 9.59 Å². The Morgan fingerprint density at radius 3 is 2.25 bits per heavy atom. The van der Waals surface area contributed by atoms with Crippen molar-refractivity contribution in [3.05, 3.63) is 12.2 Å². The van der Waals surface area contributed by atoms with E-state index >= 15 is 0 Å². The third-order valence-electron chi connectivity index (χ3n) is 1.56. The van der Waals surface area contributed by atoms with Crippen molar-refractivity contribution in [3.8, 4) is 0 Å². The largest absolute Gasteiger partial charge is 0.297 e. The van der Waals surface area contributed by atoms with Crippen LogP contribution in [0.15, 0.2) is 12.2 Å². The monoisotopic (exact) mass is 168 g/mol. The van der Waals surface area contributed by atoms with Crippen molar-refractivity contribution in [1.29, 1.82) is 0 Å². The Bertz CT molecular complexity index is 215. The van der Waals surface area contributed by atoms with E-state index in [1.54, 1.807) is 0 Å².